The Morgan fingerprint density at radius 3 is 2.70 bits per heavy atom. The van der Waals surface area contributed by atoms with Crippen molar-refractivity contribution >= 4 is 41.3 Å². The lowest BCUT2D eigenvalue weighted by Crippen LogP contribution is -2.38. The average Bonchev–Trinajstić information content (AvgIpc) is 3.08. The van der Waals surface area contributed by atoms with Crippen molar-refractivity contribution in [2.24, 2.45) is 4.99 Å². The monoisotopic (exact) mass is 502 g/mol. The summed E-state index contributed by atoms with van der Waals surface area (Å²) < 4.78 is 13.6. The first kappa shape index (κ1) is 22.1. The number of nitrogens with zero attached hydrogens (tertiary/aromatic N) is 2. The Hall–Kier alpha value is -1.22. The van der Waals surface area contributed by atoms with Gasteiger partial charge in [0, 0.05) is 31.4 Å². The van der Waals surface area contributed by atoms with Gasteiger partial charge in [0.2, 0.25) is 0 Å². The number of fused-ring (bicyclic) bond motifs is 1. The van der Waals surface area contributed by atoms with Crippen LogP contribution in [-0.2, 0) is 25.7 Å². The number of aliphatic imine (C=N–C) groups is 1. The van der Waals surface area contributed by atoms with E-state index >= 15 is 0 Å². The maximum absolute atomic E-state index is 13.6. The van der Waals surface area contributed by atoms with Crippen molar-refractivity contribution in [3.63, 3.8) is 0 Å². The van der Waals surface area contributed by atoms with E-state index in [1.807, 2.05) is 23.5 Å². The molecule has 2 aromatic rings. The molecule has 4 nitrogen and oxygen atoms in total. The SMILES string of the molecule is CN=C(NCCCc1nc2c(s1)CCCC2)NCCc1ccccc1F.I. The van der Waals surface area contributed by atoms with Crippen LogP contribution in [0.1, 0.15) is 40.4 Å². The molecule has 0 fully saturated rings. The molecule has 0 spiro atoms. The zero-order valence-corrected chi connectivity index (χ0v) is 18.9. The average molecular weight is 502 g/mol. The molecule has 2 N–H and O–H groups in total. The normalized spacial score (nSPS) is 13.6. The summed E-state index contributed by atoms with van der Waals surface area (Å²) >= 11 is 1.89. The Morgan fingerprint density at radius 1 is 1.15 bits per heavy atom. The van der Waals surface area contributed by atoms with E-state index in [0.717, 1.165) is 37.3 Å². The lowest BCUT2D eigenvalue weighted by Gasteiger charge is -2.11. The number of thiazole rings is 1. The summed E-state index contributed by atoms with van der Waals surface area (Å²) in [6.07, 6.45) is 7.64. The molecule has 27 heavy (non-hydrogen) atoms. The van der Waals surface area contributed by atoms with Crippen LogP contribution in [0.25, 0.3) is 0 Å². The van der Waals surface area contributed by atoms with E-state index < -0.39 is 0 Å². The van der Waals surface area contributed by atoms with Gasteiger partial charge in [-0.15, -0.1) is 35.3 Å². The predicted molar refractivity (Wildman–Crippen MR) is 122 cm³/mol. The van der Waals surface area contributed by atoms with Crippen molar-refractivity contribution in [3.05, 3.63) is 51.2 Å². The highest BCUT2D eigenvalue weighted by atomic mass is 127. The molecule has 3 rings (SSSR count). The molecule has 0 aliphatic heterocycles. The van der Waals surface area contributed by atoms with Crippen LogP contribution in [0.4, 0.5) is 4.39 Å². The molecular formula is C20H28FIN4S. The molecular weight excluding hydrogens is 474 g/mol. The third-order valence-corrected chi connectivity index (χ3v) is 5.84. The van der Waals surface area contributed by atoms with Gasteiger partial charge in [0.05, 0.1) is 10.7 Å². The van der Waals surface area contributed by atoms with Crippen LogP contribution in [-0.4, -0.2) is 31.1 Å². The van der Waals surface area contributed by atoms with E-state index in [0.29, 0.717) is 13.0 Å². The lowest BCUT2D eigenvalue weighted by atomic mass is 10.0. The second-order valence-electron chi connectivity index (χ2n) is 6.56. The largest absolute Gasteiger partial charge is 0.356 e. The maximum Gasteiger partial charge on any atom is 0.190 e. The molecule has 1 aliphatic rings. The smallest absolute Gasteiger partial charge is 0.190 e. The third kappa shape index (κ3) is 6.71. The number of benzene rings is 1. The Bertz CT molecular complexity index is 724. The van der Waals surface area contributed by atoms with Gasteiger partial charge < -0.3 is 10.6 Å². The Balaban J connectivity index is 0.00000261. The number of hydrogen-bond acceptors (Lipinski definition) is 3. The molecule has 0 atom stereocenters. The number of halogens is 2. The number of guanidine groups is 1. The van der Waals surface area contributed by atoms with Crippen LogP contribution >= 0.6 is 35.3 Å². The van der Waals surface area contributed by atoms with Crippen molar-refractivity contribution < 1.29 is 4.39 Å². The van der Waals surface area contributed by atoms with Crippen molar-refractivity contribution in [2.45, 2.75) is 44.9 Å². The lowest BCUT2D eigenvalue weighted by molar-refractivity contribution is 0.606. The summed E-state index contributed by atoms with van der Waals surface area (Å²) in [5.41, 5.74) is 2.07. The molecule has 7 heteroatoms. The minimum atomic E-state index is -0.150. The Morgan fingerprint density at radius 2 is 1.93 bits per heavy atom. The minimum absolute atomic E-state index is 0. The van der Waals surface area contributed by atoms with E-state index in [-0.39, 0.29) is 29.8 Å². The van der Waals surface area contributed by atoms with Crippen LogP contribution in [0, 0.1) is 5.82 Å². The van der Waals surface area contributed by atoms with Gasteiger partial charge in [0.25, 0.3) is 0 Å². The highest BCUT2D eigenvalue weighted by Gasteiger charge is 2.14. The molecule has 1 heterocycles. The molecule has 0 unspecified atom stereocenters. The summed E-state index contributed by atoms with van der Waals surface area (Å²) in [4.78, 5) is 10.5. The summed E-state index contributed by atoms with van der Waals surface area (Å²) in [6.45, 7) is 1.50. The molecule has 0 saturated heterocycles. The van der Waals surface area contributed by atoms with E-state index in [4.69, 9.17) is 4.98 Å². The predicted octanol–water partition coefficient (Wildman–Crippen LogP) is 4.12. The van der Waals surface area contributed by atoms with E-state index in [1.165, 1.54) is 40.9 Å². The first-order valence-electron chi connectivity index (χ1n) is 9.41. The number of aryl methyl sites for hydroxylation is 3. The van der Waals surface area contributed by atoms with E-state index in [1.54, 1.807) is 13.1 Å². The van der Waals surface area contributed by atoms with Crippen LogP contribution in [0.5, 0.6) is 0 Å². The minimum Gasteiger partial charge on any atom is -0.356 e. The summed E-state index contributed by atoms with van der Waals surface area (Å²) in [5, 5.41) is 7.83. The molecule has 0 bridgehead atoms. The molecule has 1 aromatic heterocycles. The van der Waals surface area contributed by atoms with Gasteiger partial charge in [-0.2, -0.15) is 0 Å². The zero-order chi connectivity index (χ0) is 18.2. The van der Waals surface area contributed by atoms with Gasteiger partial charge in [-0.05, 0) is 50.2 Å². The van der Waals surface area contributed by atoms with Gasteiger partial charge in [-0.3, -0.25) is 4.99 Å². The van der Waals surface area contributed by atoms with Crippen LogP contribution in [0.3, 0.4) is 0 Å². The van der Waals surface area contributed by atoms with Crippen molar-refractivity contribution in [3.8, 4) is 0 Å². The summed E-state index contributed by atoms with van der Waals surface area (Å²) in [7, 11) is 1.76. The van der Waals surface area contributed by atoms with Gasteiger partial charge in [-0.25, -0.2) is 9.37 Å². The van der Waals surface area contributed by atoms with E-state index in [9.17, 15) is 4.39 Å². The fraction of sp³-hybridized carbons (Fsp3) is 0.500. The molecule has 0 radical (unpaired) electrons. The first-order chi connectivity index (χ1) is 12.8. The van der Waals surface area contributed by atoms with Crippen molar-refractivity contribution in [2.75, 3.05) is 20.1 Å². The standard InChI is InChI=1S/C20H27FN4S.HI/c1-22-20(24-14-12-15-7-2-3-8-16(15)21)23-13-6-11-19-25-17-9-4-5-10-18(17)26-19;/h2-3,7-8H,4-6,9-14H2,1H3,(H2,22,23,24);1H. The summed E-state index contributed by atoms with van der Waals surface area (Å²) in [6, 6.07) is 6.90. The molecule has 148 valence electrons. The fourth-order valence-corrected chi connectivity index (χ4v) is 4.39. The van der Waals surface area contributed by atoms with Crippen molar-refractivity contribution in [1.82, 2.24) is 15.6 Å². The van der Waals surface area contributed by atoms with Gasteiger partial charge in [-0.1, -0.05) is 18.2 Å². The zero-order valence-electron chi connectivity index (χ0n) is 15.8. The van der Waals surface area contributed by atoms with Crippen molar-refractivity contribution in [1.29, 1.82) is 0 Å². The van der Waals surface area contributed by atoms with E-state index in [2.05, 4.69) is 15.6 Å². The van der Waals surface area contributed by atoms with Gasteiger partial charge in [0.1, 0.15) is 5.82 Å². The van der Waals surface area contributed by atoms with Crippen LogP contribution in [0.15, 0.2) is 29.3 Å². The van der Waals surface area contributed by atoms with Gasteiger partial charge in [0.15, 0.2) is 5.96 Å². The second kappa shape index (κ2) is 11.6. The highest BCUT2D eigenvalue weighted by molar-refractivity contribution is 14.0. The second-order valence-corrected chi connectivity index (χ2v) is 7.72. The number of aromatic nitrogens is 1. The summed E-state index contributed by atoms with van der Waals surface area (Å²) in [5.74, 6) is 0.614. The molecule has 0 saturated carbocycles. The maximum atomic E-state index is 13.6. The molecule has 1 aliphatic carbocycles. The number of nitrogens with one attached hydrogen (secondary N) is 2. The molecule has 1 aromatic carbocycles. The van der Waals surface area contributed by atoms with Gasteiger partial charge >= 0.3 is 0 Å². The number of hydrogen-bond donors (Lipinski definition) is 2. The quantitative estimate of drug-likeness (QED) is 0.259. The highest BCUT2D eigenvalue weighted by Crippen LogP contribution is 2.27. The first-order valence-corrected chi connectivity index (χ1v) is 10.2. The fourth-order valence-electron chi connectivity index (χ4n) is 3.20. The topological polar surface area (TPSA) is 49.3 Å². The number of rotatable bonds is 7. The van der Waals surface area contributed by atoms with Crippen LogP contribution in [0.2, 0.25) is 0 Å². The molecule has 0 amide bonds. The third-order valence-electron chi connectivity index (χ3n) is 4.62. The Kier molecular flexibility index (Phi) is 9.47. The van der Waals surface area contributed by atoms with Crippen LogP contribution < -0.4 is 10.6 Å². The Labute approximate surface area is 182 Å².